The Bertz CT molecular complexity index is 974. The Morgan fingerprint density at radius 1 is 1.11 bits per heavy atom. The van der Waals surface area contributed by atoms with Gasteiger partial charge in [-0.2, -0.15) is 0 Å². The minimum atomic E-state index is -0.422. The third kappa shape index (κ3) is 6.11. The smallest absolute Gasteiger partial charge is 0.407 e. The van der Waals surface area contributed by atoms with Gasteiger partial charge >= 0.3 is 6.09 Å². The number of benzene rings is 1. The van der Waals surface area contributed by atoms with E-state index in [2.05, 4.69) is 15.2 Å². The zero-order valence-corrected chi connectivity index (χ0v) is 20.7. The molecule has 8 heteroatoms. The van der Waals surface area contributed by atoms with Gasteiger partial charge in [-0.25, -0.2) is 4.79 Å². The molecule has 1 aromatic carbocycles. The molecule has 2 amide bonds. The fourth-order valence-electron chi connectivity index (χ4n) is 5.17. The summed E-state index contributed by atoms with van der Waals surface area (Å²) in [5.74, 6) is 1.12. The maximum atomic E-state index is 13.4. The van der Waals surface area contributed by atoms with Crippen LogP contribution in [0.3, 0.4) is 0 Å². The summed E-state index contributed by atoms with van der Waals surface area (Å²) in [4.78, 5) is 34.3. The van der Waals surface area contributed by atoms with Gasteiger partial charge in [0.2, 0.25) is 5.91 Å². The first-order valence-electron chi connectivity index (χ1n) is 12.5. The topological polar surface area (TPSA) is 84.0 Å². The number of carbonyl (C=O) groups excluding carboxylic acids is 2. The summed E-state index contributed by atoms with van der Waals surface area (Å²) in [6, 6.07) is 13.5. The van der Waals surface area contributed by atoms with E-state index in [-0.39, 0.29) is 11.5 Å². The second kappa shape index (κ2) is 11.5. The predicted molar refractivity (Wildman–Crippen MR) is 133 cm³/mol. The number of piperidine rings is 1. The predicted octanol–water partition coefficient (Wildman–Crippen LogP) is 3.78. The number of carbonyl (C=O) groups is 2. The Balaban J connectivity index is 1.29. The maximum absolute atomic E-state index is 13.4. The zero-order valence-electron chi connectivity index (χ0n) is 20.7. The van der Waals surface area contributed by atoms with Crippen molar-refractivity contribution in [2.24, 2.45) is 5.41 Å². The standard InChI is InChI=1S/C27H36N4O4/c1-3-35-26(33)29-24(23-6-4-5-15-28-23)11-16-30-17-12-27(13-18-30)14-19-31(25(27)32)20-21-7-9-22(34-2)10-8-21/h4-10,15,24H,3,11-14,16-20H2,1-2H3,(H,29,33). The van der Waals surface area contributed by atoms with E-state index < -0.39 is 6.09 Å². The van der Waals surface area contributed by atoms with Gasteiger partial charge in [0.25, 0.3) is 0 Å². The summed E-state index contributed by atoms with van der Waals surface area (Å²) in [5.41, 5.74) is 1.73. The second-order valence-electron chi connectivity index (χ2n) is 9.41. The summed E-state index contributed by atoms with van der Waals surface area (Å²) in [7, 11) is 1.66. The summed E-state index contributed by atoms with van der Waals surface area (Å²) in [5, 5.41) is 2.95. The van der Waals surface area contributed by atoms with Gasteiger partial charge < -0.3 is 24.6 Å². The van der Waals surface area contributed by atoms with Crippen LogP contribution < -0.4 is 10.1 Å². The molecule has 1 aromatic heterocycles. The van der Waals surface area contributed by atoms with Gasteiger partial charge in [-0.3, -0.25) is 9.78 Å². The largest absolute Gasteiger partial charge is 0.497 e. The van der Waals surface area contributed by atoms with Crippen molar-refractivity contribution >= 4 is 12.0 Å². The van der Waals surface area contributed by atoms with E-state index in [4.69, 9.17) is 9.47 Å². The van der Waals surface area contributed by atoms with Gasteiger partial charge in [0, 0.05) is 25.8 Å². The lowest BCUT2D eigenvalue weighted by Crippen LogP contribution is -2.45. The van der Waals surface area contributed by atoms with Crippen molar-refractivity contribution in [2.75, 3.05) is 39.9 Å². The van der Waals surface area contributed by atoms with E-state index in [1.165, 1.54) is 0 Å². The number of likely N-dealkylation sites (tertiary alicyclic amines) is 2. The highest BCUT2D eigenvalue weighted by Gasteiger charge is 2.47. The van der Waals surface area contributed by atoms with E-state index in [1.54, 1.807) is 20.2 Å². The molecule has 2 aliphatic heterocycles. The van der Waals surface area contributed by atoms with Crippen molar-refractivity contribution < 1.29 is 19.1 Å². The summed E-state index contributed by atoms with van der Waals surface area (Å²) in [6.07, 6.45) is 4.74. The van der Waals surface area contributed by atoms with Gasteiger partial charge in [-0.1, -0.05) is 18.2 Å². The quantitative estimate of drug-likeness (QED) is 0.588. The maximum Gasteiger partial charge on any atom is 0.407 e. The first-order chi connectivity index (χ1) is 17.0. The molecule has 0 bridgehead atoms. The average molecular weight is 481 g/mol. The lowest BCUT2D eigenvalue weighted by atomic mass is 9.77. The molecule has 2 fully saturated rings. The van der Waals surface area contributed by atoms with Crippen molar-refractivity contribution in [3.05, 3.63) is 59.9 Å². The normalized spacial score (nSPS) is 18.5. The molecule has 4 rings (SSSR count). The number of alkyl carbamates (subject to hydrolysis) is 1. The van der Waals surface area contributed by atoms with Crippen LogP contribution in [0.15, 0.2) is 48.7 Å². The minimum absolute atomic E-state index is 0.209. The molecule has 1 atom stereocenters. The number of hydrogen-bond acceptors (Lipinski definition) is 6. The van der Waals surface area contributed by atoms with E-state index in [9.17, 15) is 9.59 Å². The number of ether oxygens (including phenoxy) is 2. The SMILES string of the molecule is CCOC(=O)NC(CCN1CCC2(CC1)CCN(Cc1ccc(OC)cc1)C2=O)c1ccccn1. The highest BCUT2D eigenvalue weighted by atomic mass is 16.5. The van der Waals surface area contributed by atoms with Crippen molar-refractivity contribution in [1.82, 2.24) is 20.1 Å². The van der Waals surface area contributed by atoms with Crippen molar-refractivity contribution in [2.45, 2.75) is 45.2 Å². The van der Waals surface area contributed by atoms with E-state index in [0.29, 0.717) is 19.1 Å². The van der Waals surface area contributed by atoms with Gasteiger partial charge in [0.15, 0.2) is 0 Å². The molecule has 1 spiro atoms. The molecule has 1 unspecified atom stereocenters. The Hall–Kier alpha value is -3.13. The summed E-state index contributed by atoms with van der Waals surface area (Å²) in [6.45, 7) is 6.19. The molecule has 3 heterocycles. The number of hydrogen-bond donors (Lipinski definition) is 1. The highest BCUT2D eigenvalue weighted by Crippen LogP contribution is 2.42. The number of nitrogens with zero attached hydrogens (tertiary/aromatic N) is 3. The number of amides is 2. The van der Waals surface area contributed by atoms with Crippen LogP contribution in [0.2, 0.25) is 0 Å². The van der Waals surface area contributed by atoms with E-state index in [0.717, 1.165) is 68.9 Å². The molecule has 0 radical (unpaired) electrons. The Kier molecular flexibility index (Phi) is 8.23. The van der Waals surface area contributed by atoms with Crippen LogP contribution in [0.25, 0.3) is 0 Å². The molecule has 8 nitrogen and oxygen atoms in total. The number of aromatic nitrogens is 1. The van der Waals surface area contributed by atoms with E-state index in [1.807, 2.05) is 47.4 Å². The fourth-order valence-corrected chi connectivity index (χ4v) is 5.17. The summed E-state index contributed by atoms with van der Waals surface area (Å²) < 4.78 is 10.3. The van der Waals surface area contributed by atoms with Crippen LogP contribution in [0, 0.1) is 5.41 Å². The van der Waals surface area contributed by atoms with Crippen LogP contribution in [0.5, 0.6) is 5.75 Å². The third-order valence-electron chi connectivity index (χ3n) is 7.29. The molecule has 2 saturated heterocycles. The monoisotopic (exact) mass is 480 g/mol. The van der Waals surface area contributed by atoms with Gasteiger partial charge in [0.05, 0.1) is 30.9 Å². The van der Waals surface area contributed by atoms with Crippen LogP contribution in [-0.4, -0.2) is 66.7 Å². The number of nitrogens with one attached hydrogen (secondary N) is 1. The summed E-state index contributed by atoms with van der Waals surface area (Å²) >= 11 is 0. The number of methoxy groups -OCH3 is 1. The van der Waals surface area contributed by atoms with Gasteiger partial charge in [-0.15, -0.1) is 0 Å². The zero-order chi connectivity index (χ0) is 24.7. The number of pyridine rings is 1. The molecule has 35 heavy (non-hydrogen) atoms. The minimum Gasteiger partial charge on any atom is -0.497 e. The van der Waals surface area contributed by atoms with Crippen LogP contribution in [0.4, 0.5) is 4.79 Å². The third-order valence-corrected chi connectivity index (χ3v) is 7.29. The molecule has 0 aliphatic carbocycles. The lowest BCUT2D eigenvalue weighted by molar-refractivity contribution is -0.138. The van der Waals surface area contributed by atoms with Crippen molar-refractivity contribution in [3.8, 4) is 5.75 Å². The lowest BCUT2D eigenvalue weighted by Gasteiger charge is -2.38. The molecule has 188 valence electrons. The molecular formula is C27H36N4O4. The molecule has 1 N–H and O–H groups in total. The molecule has 0 saturated carbocycles. The van der Waals surface area contributed by atoms with Gasteiger partial charge in [0.1, 0.15) is 5.75 Å². The van der Waals surface area contributed by atoms with Crippen LogP contribution >= 0.6 is 0 Å². The van der Waals surface area contributed by atoms with Crippen molar-refractivity contribution in [3.63, 3.8) is 0 Å². The first kappa shape index (κ1) is 25.0. The van der Waals surface area contributed by atoms with Crippen LogP contribution in [0.1, 0.15) is 49.9 Å². The number of rotatable bonds is 9. The fraction of sp³-hybridized carbons (Fsp3) is 0.519. The highest BCUT2D eigenvalue weighted by molar-refractivity contribution is 5.85. The Morgan fingerprint density at radius 3 is 2.51 bits per heavy atom. The first-order valence-corrected chi connectivity index (χ1v) is 12.5. The second-order valence-corrected chi connectivity index (χ2v) is 9.41. The van der Waals surface area contributed by atoms with Gasteiger partial charge in [-0.05, 0) is 75.5 Å². The molecular weight excluding hydrogens is 444 g/mol. The molecule has 2 aromatic rings. The van der Waals surface area contributed by atoms with Crippen molar-refractivity contribution in [1.29, 1.82) is 0 Å². The average Bonchev–Trinajstić information content (AvgIpc) is 3.18. The Morgan fingerprint density at radius 2 is 1.86 bits per heavy atom. The van der Waals surface area contributed by atoms with E-state index >= 15 is 0 Å². The van der Waals surface area contributed by atoms with Crippen LogP contribution in [-0.2, 0) is 16.1 Å². The Labute approximate surface area is 207 Å². The molecule has 2 aliphatic rings.